The molecule has 0 spiro atoms. The maximum absolute atomic E-state index is 12.1. The summed E-state index contributed by atoms with van der Waals surface area (Å²) in [6, 6.07) is 7.58. The van der Waals surface area contributed by atoms with E-state index < -0.39 is 0 Å². The Balaban J connectivity index is 2.27. The molecule has 1 amide bonds. The van der Waals surface area contributed by atoms with E-state index in [1.165, 1.54) is 11.3 Å². The molecule has 0 saturated carbocycles. The van der Waals surface area contributed by atoms with Gasteiger partial charge in [0.2, 0.25) is 0 Å². The van der Waals surface area contributed by atoms with Crippen molar-refractivity contribution in [2.24, 2.45) is 0 Å². The SMILES string of the molecule is Cc1cc(Br)c(NC(=O)c2ccc(Br)s2)c(Br)c1. The van der Waals surface area contributed by atoms with Crippen molar-refractivity contribution in [1.82, 2.24) is 0 Å². The number of aryl methyl sites for hydroxylation is 1. The Morgan fingerprint density at radius 3 is 2.28 bits per heavy atom. The number of thiophene rings is 1. The summed E-state index contributed by atoms with van der Waals surface area (Å²) in [5.74, 6) is -0.115. The lowest BCUT2D eigenvalue weighted by Crippen LogP contribution is -2.11. The van der Waals surface area contributed by atoms with Crippen LogP contribution < -0.4 is 5.32 Å². The summed E-state index contributed by atoms with van der Waals surface area (Å²) in [4.78, 5) is 12.7. The van der Waals surface area contributed by atoms with Crippen LogP contribution in [-0.2, 0) is 0 Å². The average Bonchev–Trinajstić information content (AvgIpc) is 2.70. The minimum Gasteiger partial charge on any atom is -0.319 e. The maximum Gasteiger partial charge on any atom is 0.265 e. The normalized spacial score (nSPS) is 10.4. The van der Waals surface area contributed by atoms with Crippen LogP contribution in [0.1, 0.15) is 15.2 Å². The summed E-state index contributed by atoms with van der Waals surface area (Å²) >= 11 is 11.7. The van der Waals surface area contributed by atoms with Crippen molar-refractivity contribution in [3.8, 4) is 0 Å². The van der Waals surface area contributed by atoms with Crippen molar-refractivity contribution in [2.75, 3.05) is 5.32 Å². The van der Waals surface area contributed by atoms with Crippen LogP contribution in [0.5, 0.6) is 0 Å². The summed E-state index contributed by atoms with van der Waals surface area (Å²) in [5, 5.41) is 2.89. The van der Waals surface area contributed by atoms with Crippen molar-refractivity contribution in [3.05, 3.63) is 47.4 Å². The molecule has 1 heterocycles. The molecule has 1 N–H and O–H groups in total. The van der Waals surface area contributed by atoms with Crippen LogP contribution in [0.2, 0.25) is 0 Å². The minimum atomic E-state index is -0.115. The van der Waals surface area contributed by atoms with E-state index in [0.717, 1.165) is 24.0 Å². The molecule has 0 aliphatic heterocycles. The van der Waals surface area contributed by atoms with Crippen molar-refractivity contribution in [1.29, 1.82) is 0 Å². The van der Waals surface area contributed by atoms with Gasteiger partial charge in [-0.1, -0.05) is 0 Å². The van der Waals surface area contributed by atoms with Crippen molar-refractivity contribution in [2.45, 2.75) is 6.92 Å². The number of halogens is 3. The van der Waals surface area contributed by atoms with E-state index in [4.69, 9.17) is 0 Å². The van der Waals surface area contributed by atoms with E-state index in [0.29, 0.717) is 4.88 Å². The number of nitrogens with one attached hydrogen (secondary N) is 1. The van der Waals surface area contributed by atoms with Gasteiger partial charge in [0.1, 0.15) is 0 Å². The molecule has 94 valence electrons. The Bertz CT molecular complexity index is 586. The third-order valence-electron chi connectivity index (χ3n) is 2.22. The third-order valence-corrected chi connectivity index (χ3v) is 5.10. The Hall–Kier alpha value is -0.170. The zero-order valence-corrected chi connectivity index (χ0v) is 14.8. The highest BCUT2D eigenvalue weighted by atomic mass is 79.9. The molecule has 1 aromatic carbocycles. The zero-order valence-electron chi connectivity index (χ0n) is 9.26. The first kappa shape index (κ1) is 14.2. The van der Waals surface area contributed by atoms with Gasteiger partial charge in [-0.15, -0.1) is 11.3 Å². The summed E-state index contributed by atoms with van der Waals surface area (Å²) < 4.78 is 2.66. The van der Waals surface area contributed by atoms with Gasteiger partial charge in [0.25, 0.3) is 5.91 Å². The molecule has 0 saturated heterocycles. The van der Waals surface area contributed by atoms with E-state index in [2.05, 4.69) is 53.1 Å². The second-order valence-corrected chi connectivity index (χ2v) is 7.83. The van der Waals surface area contributed by atoms with Crippen LogP contribution in [0.3, 0.4) is 0 Å². The number of carbonyl (C=O) groups excluding carboxylic acids is 1. The Labute approximate surface area is 134 Å². The Morgan fingerprint density at radius 2 is 1.78 bits per heavy atom. The number of hydrogen-bond donors (Lipinski definition) is 1. The van der Waals surface area contributed by atoms with Gasteiger partial charge in [-0.05, 0) is 84.5 Å². The fourth-order valence-electron chi connectivity index (χ4n) is 1.43. The predicted molar refractivity (Wildman–Crippen MR) is 86.6 cm³/mol. The molecular weight excluding hydrogens is 446 g/mol. The predicted octanol–water partition coefficient (Wildman–Crippen LogP) is 5.60. The van der Waals surface area contributed by atoms with Crippen molar-refractivity contribution in [3.63, 3.8) is 0 Å². The Kier molecular flexibility index (Phi) is 4.64. The number of anilines is 1. The summed E-state index contributed by atoms with van der Waals surface area (Å²) in [6.07, 6.45) is 0. The van der Waals surface area contributed by atoms with Crippen molar-refractivity contribution < 1.29 is 4.79 Å². The van der Waals surface area contributed by atoms with E-state index in [9.17, 15) is 4.79 Å². The molecule has 2 aromatic rings. The van der Waals surface area contributed by atoms with Crippen LogP contribution in [0, 0.1) is 6.92 Å². The lowest BCUT2D eigenvalue weighted by atomic mass is 10.2. The summed E-state index contributed by atoms with van der Waals surface area (Å²) in [6.45, 7) is 2.00. The monoisotopic (exact) mass is 451 g/mol. The molecule has 0 fully saturated rings. The fraction of sp³-hybridized carbons (Fsp3) is 0.0833. The van der Waals surface area contributed by atoms with Gasteiger partial charge in [0.05, 0.1) is 14.4 Å². The molecule has 2 nitrogen and oxygen atoms in total. The lowest BCUT2D eigenvalue weighted by molar-refractivity contribution is 0.103. The number of rotatable bonds is 2. The van der Waals surface area contributed by atoms with Crippen LogP contribution in [0.25, 0.3) is 0 Å². The van der Waals surface area contributed by atoms with Gasteiger partial charge >= 0.3 is 0 Å². The molecule has 0 aliphatic rings. The van der Waals surface area contributed by atoms with Gasteiger partial charge in [-0.2, -0.15) is 0 Å². The molecule has 0 atom stereocenters. The smallest absolute Gasteiger partial charge is 0.265 e. The van der Waals surface area contributed by atoms with Gasteiger partial charge in [0.15, 0.2) is 0 Å². The highest BCUT2D eigenvalue weighted by molar-refractivity contribution is 9.11. The quantitative estimate of drug-likeness (QED) is 0.630. The second-order valence-electron chi connectivity index (χ2n) is 3.66. The van der Waals surface area contributed by atoms with E-state index in [1.54, 1.807) is 6.07 Å². The molecule has 0 unspecified atom stereocenters. The number of amides is 1. The van der Waals surface area contributed by atoms with Crippen LogP contribution in [-0.4, -0.2) is 5.91 Å². The van der Waals surface area contributed by atoms with E-state index >= 15 is 0 Å². The average molecular weight is 454 g/mol. The Morgan fingerprint density at radius 1 is 1.17 bits per heavy atom. The number of carbonyl (C=O) groups is 1. The zero-order chi connectivity index (χ0) is 13.3. The minimum absolute atomic E-state index is 0.115. The number of benzene rings is 1. The molecular formula is C12H8Br3NOS. The van der Waals surface area contributed by atoms with E-state index in [1.807, 2.05) is 25.1 Å². The van der Waals surface area contributed by atoms with E-state index in [-0.39, 0.29) is 5.91 Å². The fourth-order valence-corrected chi connectivity index (χ4v) is 4.33. The molecule has 1 aromatic heterocycles. The number of hydrogen-bond acceptors (Lipinski definition) is 2. The highest BCUT2D eigenvalue weighted by Crippen LogP contribution is 2.33. The largest absolute Gasteiger partial charge is 0.319 e. The van der Waals surface area contributed by atoms with Crippen LogP contribution in [0.15, 0.2) is 37.0 Å². The van der Waals surface area contributed by atoms with Gasteiger partial charge in [0, 0.05) is 8.95 Å². The highest BCUT2D eigenvalue weighted by Gasteiger charge is 2.13. The summed E-state index contributed by atoms with van der Waals surface area (Å²) in [5.41, 5.74) is 1.86. The van der Waals surface area contributed by atoms with Gasteiger partial charge in [-0.25, -0.2) is 0 Å². The topological polar surface area (TPSA) is 29.1 Å². The van der Waals surface area contributed by atoms with Gasteiger partial charge in [-0.3, -0.25) is 4.79 Å². The molecule has 18 heavy (non-hydrogen) atoms. The standard InChI is InChI=1S/C12H8Br3NOS/c1-6-4-7(13)11(8(14)5-6)16-12(17)9-2-3-10(15)18-9/h2-5H,1H3,(H,16,17). The molecule has 6 heteroatoms. The van der Waals surface area contributed by atoms with Crippen molar-refractivity contribution >= 4 is 70.7 Å². The summed E-state index contributed by atoms with van der Waals surface area (Å²) in [7, 11) is 0. The first-order chi connectivity index (χ1) is 8.47. The molecule has 0 radical (unpaired) electrons. The third kappa shape index (κ3) is 3.23. The van der Waals surface area contributed by atoms with Crippen LogP contribution >= 0.6 is 59.1 Å². The maximum atomic E-state index is 12.1. The first-order valence-corrected chi connectivity index (χ1v) is 8.19. The molecule has 2 rings (SSSR count). The molecule has 0 bridgehead atoms. The first-order valence-electron chi connectivity index (χ1n) is 4.99. The lowest BCUT2D eigenvalue weighted by Gasteiger charge is -2.09. The second kappa shape index (κ2) is 5.86. The molecule has 0 aliphatic carbocycles. The van der Waals surface area contributed by atoms with Gasteiger partial charge < -0.3 is 5.32 Å². The van der Waals surface area contributed by atoms with Crippen LogP contribution in [0.4, 0.5) is 5.69 Å².